The number of hydrogen-bond acceptors (Lipinski definition) is 5. The zero-order chi connectivity index (χ0) is 16.3. The summed E-state index contributed by atoms with van der Waals surface area (Å²) in [5, 5.41) is 10.9. The molecule has 0 aliphatic rings. The van der Waals surface area contributed by atoms with Gasteiger partial charge in [0.2, 0.25) is 15.0 Å². The predicted molar refractivity (Wildman–Crippen MR) is 77.5 cm³/mol. The van der Waals surface area contributed by atoms with E-state index in [1.807, 2.05) is 0 Å². The minimum Gasteiger partial charge on any atom is -0.481 e. The van der Waals surface area contributed by atoms with Gasteiger partial charge in [-0.25, -0.2) is 13.4 Å². The fraction of sp³-hybridized carbons (Fsp3) is 0.308. The average Bonchev–Trinajstić information content (AvgIpc) is 2.83. The van der Waals surface area contributed by atoms with Crippen LogP contribution in [0.2, 0.25) is 0 Å². The van der Waals surface area contributed by atoms with Crippen LogP contribution in [0, 0.1) is 0 Å². The fourth-order valence-corrected chi connectivity index (χ4v) is 2.74. The Hall–Kier alpha value is -2.42. The molecular formula is C13H15N3O5S. The molecule has 0 aliphatic heterocycles. The molecule has 0 aromatic carbocycles. The second kappa shape index (κ2) is 6.14. The molecular weight excluding hydrogens is 310 g/mol. The number of carbonyl (C=O) groups excluding carboxylic acids is 1. The number of hydrogen-bond donors (Lipinski definition) is 2. The first-order valence-electron chi connectivity index (χ1n) is 6.48. The quantitative estimate of drug-likeness (QED) is 0.739. The molecule has 118 valence electrons. The summed E-state index contributed by atoms with van der Waals surface area (Å²) in [4.78, 5) is 26.4. The van der Waals surface area contributed by atoms with E-state index in [9.17, 15) is 18.0 Å². The Labute approximate surface area is 126 Å². The lowest BCUT2D eigenvalue weighted by Gasteiger charge is -2.02. The summed E-state index contributed by atoms with van der Waals surface area (Å²) in [6.45, 7) is 0.172. The number of carbonyl (C=O) groups is 2. The van der Waals surface area contributed by atoms with Crippen LogP contribution in [0.15, 0.2) is 29.6 Å². The fourth-order valence-electron chi connectivity index (χ4n) is 1.96. The molecule has 2 aromatic heterocycles. The lowest BCUT2D eigenvalue weighted by atomic mass is 10.3. The number of fused-ring (bicyclic) bond motifs is 1. The van der Waals surface area contributed by atoms with Gasteiger partial charge in [-0.1, -0.05) is 6.07 Å². The highest BCUT2D eigenvalue weighted by Gasteiger charge is 2.22. The smallest absolute Gasteiger partial charge is 0.303 e. The number of sulfone groups is 1. The van der Waals surface area contributed by atoms with Gasteiger partial charge in [0.15, 0.2) is 5.69 Å². The molecule has 0 bridgehead atoms. The van der Waals surface area contributed by atoms with E-state index in [-0.39, 0.29) is 30.2 Å². The molecule has 1 amide bonds. The zero-order valence-electron chi connectivity index (χ0n) is 11.8. The van der Waals surface area contributed by atoms with Gasteiger partial charge in [-0.2, -0.15) is 0 Å². The van der Waals surface area contributed by atoms with Crippen molar-refractivity contribution >= 4 is 27.2 Å². The van der Waals surface area contributed by atoms with Crippen molar-refractivity contribution in [2.75, 3.05) is 12.8 Å². The number of imidazole rings is 1. The van der Waals surface area contributed by atoms with Gasteiger partial charge >= 0.3 is 5.97 Å². The average molecular weight is 325 g/mol. The van der Waals surface area contributed by atoms with Gasteiger partial charge in [0.1, 0.15) is 0 Å². The van der Waals surface area contributed by atoms with E-state index in [0.717, 1.165) is 6.26 Å². The first-order chi connectivity index (χ1) is 10.3. The van der Waals surface area contributed by atoms with Gasteiger partial charge in [0.25, 0.3) is 5.91 Å². The summed E-state index contributed by atoms with van der Waals surface area (Å²) in [6, 6.07) is 4.90. The van der Waals surface area contributed by atoms with E-state index >= 15 is 0 Å². The largest absolute Gasteiger partial charge is 0.481 e. The van der Waals surface area contributed by atoms with Crippen molar-refractivity contribution < 1.29 is 23.1 Å². The highest BCUT2D eigenvalue weighted by Crippen LogP contribution is 2.16. The van der Waals surface area contributed by atoms with Crippen LogP contribution in [0.4, 0.5) is 0 Å². The summed E-state index contributed by atoms with van der Waals surface area (Å²) in [5.41, 5.74) is 0.370. The number of aliphatic carboxylic acids is 1. The van der Waals surface area contributed by atoms with Crippen LogP contribution in [0.3, 0.4) is 0 Å². The van der Waals surface area contributed by atoms with Crippen LogP contribution in [0.1, 0.15) is 23.3 Å². The van der Waals surface area contributed by atoms with Gasteiger partial charge in [0.05, 0.1) is 5.52 Å². The molecule has 2 aromatic rings. The van der Waals surface area contributed by atoms with Gasteiger partial charge < -0.3 is 10.4 Å². The lowest BCUT2D eigenvalue weighted by Crippen LogP contribution is -2.25. The van der Waals surface area contributed by atoms with E-state index in [1.54, 1.807) is 18.2 Å². The Morgan fingerprint density at radius 3 is 2.73 bits per heavy atom. The minimum atomic E-state index is -3.58. The third-order valence-corrected chi connectivity index (χ3v) is 3.87. The molecule has 0 fully saturated rings. The number of nitrogens with zero attached hydrogens (tertiary/aromatic N) is 2. The summed E-state index contributed by atoms with van der Waals surface area (Å²) in [5.74, 6) is -1.48. The van der Waals surface area contributed by atoms with Crippen molar-refractivity contribution in [1.82, 2.24) is 14.7 Å². The Kier molecular flexibility index (Phi) is 4.45. The molecule has 2 N–H and O–H groups in total. The molecule has 0 unspecified atom stereocenters. The molecule has 0 atom stereocenters. The number of pyridine rings is 1. The molecule has 0 aliphatic carbocycles. The molecule has 2 rings (SSSR count). The summed E-state index contributed by atoms with van der Waals surface area (Å²) < 4.78 is 24.8. The second-order valence-corrected chi connectivity index (χ2v) is 6.63. The van der Waals surface area contributed by atoms with E-state index in [0.29, 0.717) is 5.52 Å². The molecule has 0 radical (unpaired) electrons. The van der Waals surface area contributed by atoms with E-state index in [2.05, 4.69) is 10.3 Å². The standard InChI is InChI=1S/C13H15N3O5S/c1-22(20,21)13-15-11(9-5-2-3-8-16(9)13)12(19)14-7-4-6-10(17)18/h2-3,5,8H,4,6-7H2,1H3,(H,14,19)(H,17,18). The SMILES string of the molecule is CS(=O)(=O)c1nc(C(=O)NCCCC(=O)O)c2ccccn12. The molecule has 0 saturated heterocycles. The van der Waals surface area contributed by atoms with Gasteiger partial charge in [-0.3, -0.25) is 14.0 Å². The first-order valence-corrected chi connectivity index (χ1v) is 8.37. The molecule has 22 heavy (non-hydrogen) atoms. The summed E-state index contributed by atoms with van der Waals surface area (Å²) in [7, 11) is -3.58. The number of amides is 1. The highest BCUT2D eigenvalue weighted by atomic mass is 32.2. The number of carboxylic acids is 1. The molecule has 2 heterocycles. The molecule has 0 spiro atoms. The van der Waals surface area contributed by atoms with Crippen LogP contribution in [0.25, 0.3) is 5.52 Å². The molecule has 8 nitrogen and oxygen atoms in total. The van der Waals surface area contributed by atoms with Gasteiger partial charge in [-0.05, 0) is 18.6 Å². The Balaban J connectivity index is 2.28. The van der Waals surface area contributed by atoms with Crippen LogP contribution in [-0.2, 0) is 14.6 Å². The van der Waals surface area contributed by atoms with E-state index in [4.69, 9.17) is 5.11 Å². The third-order valence-electron chi connectivity index (χ3n) is 2.92. The van der Waals surface area contributed by atoms with Crippen molar-refractivity contribution in [3.8, 4) is 0 Å². The van der Waals surface area contributed by atoms with Crippen molar-refractivity contribution in [3.63, 3.8) is 0 Å². The highest BCUT2D eigenvalue weighted by molar-refractivity contribution is 7.90. The number of aromatic nitrogens is 2. The van der Waals surface area contributed by atoms with Crippen molar-refractivity contribution in [2.45, 2.75) is 18.0 Å². The lowest BCUT2D eigenvalue weighted by molar-refractivity contribution is -0.137. The maximum absolute atomic E-state index is 12.1. The second-order valence-electron chi connectivity index (χ2n) is 4.72. The first kappa shape index (κ1) is 16.0. The monoisotopic (exact) mass is 325 g/mol. The van der Waals surface area contributed by atoms with Crippen molar-refractivity contribution in [1.29, 1.82) is 0 Å². The van der Waals surface area contributed by atoms with Crippen molar-refractivity contribution in [2.24, 2.45) is 0 Å². The van der Waals surface area contributed by atoms with Crippen molar-refractivity contribution in [3.05, 3.63) is 30.1 Å². The molecule has 9 heteroatoms. The molecule has 0 saturated carbocycles. The van der Waals surface area contributed by atoms with Gasteiger partial charge in [-0.15, -0.1) is 0 Å². The van der Waals surface area contributed by atoms with Crippen LogP contribution in [0.5, 0.6) is 0 Å². The Bertz CT molecular complexity index is 825. The van der Waals surface area contributed by atoms with Crippen LogP contribution in [-0.4, -0.2) is 47.6 Å². The topological polar surface area (TPSA) is 118 Å². The van der Waals surface area contributed by atoms with Crippen LogP contribution < -0.4 is 5.32 Å². The summed E-state index contributed by atoms with van der Waals surface area (Å²) >= 11 is 0. The predicted octanol–water partition coefficient (Wildman–Crippen LogP) is 0.332. The number of rotatable bonds is 6. The van der Waals surface area contributed by atoms with E-state index < -0.39 is 21.7 Å². The van der Waals surface area contributed by atoms with Crippen LogP contribution >= 0.6 is 0 Å². The minimum absolute atomic E-state index is 0.00338. The third kappa shape index (κ3) is 3.42. The Morgan fingerprint density at radius 1 is 1.36 bits per heavy atom. The van der Waals surface area contributed by atoms with E-state index in [1.165, 1.54) is 10.6 Å². The Morgan fingerprint density at radius 2 is 2.09 bits per heavy atom. The zero-order valence-corrected chi connectivity index (χ0v) is 12.6. The maximum Gasteiger partial charge on any atom is 0.303 e. The normalized spacial score (nSPS) is 11.5. The summed E-state index contributed by atoms with van der Waals surface area (Å²) in [6.07, 6.45) is 2.76. The maximum atomic E-state index is 12.1. The number of carboxylic acid groups (broad SMARTS) is 1. The van der Waals surface area contributed by atoms with Gasteiger partial charge in [0, 0.05) is 25.4 Å². The number of nitrogens with one attached hydrogen (secondary N) is 1.